The summed E-state index contributed by atoms with van der Waals surface area (Å²) in [5, 5.41) is 11.5. The maximum Gasteiger partial charge on any atom is 0.152 e. The molecule has 2 aliphatic heterocycles. The second kappa shape index (κ2) is 4.62. The molecule has 3 heterocycles. The molecule has 1 aromatic rings. The first-order valence-corrected chi connectivity index (χ1v) is 8.28. The van der Waals surface area contributed by atoms with Gasteiger partial charge in [0.25, 0.3) is 0 Å². The van der Waals surface area contributed by atoms with E-state index in [4.69, 9.17) is 0 Å². The molecule has 2 fully saturated rings. The van der Waals surface area contributed by atoms with E-state index < -0.39 is 9.84 Å². The summed E-state index contributed by atoms with van der Waals surface area (Å²) in [4.78, 5) is 0. The summed E-state index contributed by atoms with van der Waals surface area (Å²) in [5.41, 5.74) is 0. The maximum atomic E-state index is 11.6. The van der Waals surface area contributed by atoms with Gasteiger partial charge < -0.3 is 9.88 Å². The second-order valence-corrected chi connectivity index (χ2v) is 7.41. The van der Waals surface area contributed by atoms with Crippen LogP contribution in [0, 0.1) is 0 Å². The van der Waals surface area contributed by atoms with E-state index in [-0.39, 0.29) is 11.8 Å². The lowest BCUT2D eigenvalue weighted by atomic mass is 9.97. The molecule has 0 amide bonds. The zero-order valence-corrected chi connectivity index (χ0v) is 11.1. The first-order valence-electron chi connectivity index (χ1n) is 6.46. The third kappa shape index (κ3) is 2.29. The molecule has 100 valence electrons. The molecule has 0 bridgehead atoms. The molecule has 0 saturated carbocycles. The van der Waals surface area contributed by atoms with Gasteiger partial charge in [-0.05, 0) is 32.4 Å². The van der Waals surface area contributed by atoms with Crippen LogP contribution in [0.1, 0.15) is 37.0 Å². The Morgan fingerprint density at radius 1 is 1.28 bits per heavy atom. The van der Waals surface area contributed by atoms with Gasteiger partial charge >= 0.3 is 0 Å². The van der Waals surface area contributed by atoms with Gasteiger partial charge in [0.05, 0.1) is 17.5 Å². The molecule has 6 nitrogen and oxygen atoms in total. The van der Waals surface area contributed by atoms with Crippen LogP contribution in [-0.2, 0) is 9.84 Å². The minimum Gasteiger partial charge on any atom is -0.317 e. The monoisotopic (exact) mass is 270 g/mol. The first kappa shape index (κ1) is 12.1. The number of aromatic nitrogens is 3. The van der Waals surface area contributed by atoms with E-state index >= 15 is 0 Å². The molecule has 1 N–H and O–H groups in total. The lowest BCUT2D eigenvalue weighted by molar-refractivity contribution is 0.415. The standard InChI is InChI=1S/C11H18N4O2S/c16-18(17)6-3-10(7-18)15-8-13-14-11(15)9-1-4-12-5-2-9/h8-10,12H,1-7H2. The highest BCUT2D eigenvalue weighted by molar-refractivity contribution is 7.91. The Hall–Kier alpha value is -0.950. The van der Waals surface area contributed by atoms with Crippen LogP contribution in [0.25, 0.3) is 0 Å². The summed E-state index contributed by atoms with van der Waals surface area (Å²) >= 11 is 0. The van der Waals surface area contributed by atoms with Crippen molar-refractivity contribution in [2.45, 2.75) is 31.2 Å². The zero-order chi connectivity index (χ0) is 12.6. The van der Waals surface area contributed by atoms with Crippen molar-refractivity contribution in [3.8, 4) is 0 Å². The lowest BCUT2D eigenvalue weighted by Gasteiger charge is -2.23. The van der Waals surface area contributed by atoms with Crippen molar-refractivity contribution in [1.82, 2.24) is 20.1 Å². The molecule has 1 atom stereocenters. The van der Waals surface area contributed by atoms with E-state index in [1.54, 1.807) is 6.33 Å². The zero-order valence-electron chi connectivity index (χ0n) is 10.2. The second-order valence-electron chi connectivity index (χ2n) is 5.18. The van der Waals surface area contributed by atoms with Crippen LogP contribution in [0.2, 0.25) is 0 Å². The van der Waals surface area contributed by atoms with Gasteiger partial charge in [0.2, 0.25) is 0 Å². The molecule has 0 radical (unpaired) electrons. The average Bonchev–Trinajstić information content (AvgIpc) is 2.96. The maximum absolute atomic E-state index is 11.6. The first-order chi connectivity index (χ1) is 8.66. The quantitative estimate of drug-likeness (QED) is 0.825. The van der Waals surface area contributed by atoms with E-state index in [0.29, 0.717) is 18.1 Å². The van der Waals surface area contributed by atoms with Crippen LogP contribution < -0.4 is 5.32 Å². The molecule has 2 aliphatic rings. The van der Waals surface area contributed by atoms with Gasteiger partial charge in [-0.1, -0.05) is 0 Å². The average molecular weight is 270 g/mol. The minimum atomic E-state index is -2.86. The summed E-state index contributed by atoms with van der Waals surface area (Å²) in [6.07, 6.45) is 4.50. The molecule has 7 heteroatoms. The number of hydrogen-bond acceptors (Lipinski definition) is 5. The Balaban J connectivity index is 1.83. The third-order valence-corrected chi connectivity index (χ3v) is 5.66. The SMILES string of the molecule is O=S1(=O)CCC(n2cnnc2C2CCNCC2)C1. The highest BCUT2D eigenvalue weighted by atomic mass is 32.2. The molecular formula is C11H18N4O2S. The summed E-state index contributed by atoms with van der Waals surface area (Å²) in [7, 11) is -2.86. The van der Waals surface area contributed by atoms with Gasteiger partial charge in [0.1, 0.15) is 12.2 Å². The Morgan fingerprint density at radius 2 is 2.06 bits per heavy atom. The van der Waals surface area contributed by atoms with Crippen molar-refractivity contribution in [2.24, 2.45) is 0 Å². The van der Waals surface area contributed by atoms with Crippen LogP contribution >= 0.6 is 0 Å². The van der Waals surface area contributed by atoms with E-state index in [1.807, 2.05) is 4.57 Å². The number of sulfone groups is 1. The molecule has 1 aromatic heterocycles. The summed E-state index contributed by atoms with van der Waals surface area (Å²) in [5.74, 6) is 1.92. The van der Waals surface area contributed by atoms with Crippen LogP contribution in [0.5, 0.6) is 0 Å². The molecule has 18 heavy (non-hydrogen) atoms. The topological polar surface area (TPSA) is 76.9 Å². The number of piperidine rings is 1. The summed E-state index contributed by atoms with van der Waals surface area (Å²) in [6, 6.07) is 0.0369. The number of hydrogen-bond donors (Lipinski definition) is 1. The number of nitrogens with zero attached hydrogens (tertiary/aromatic N) is 3. The molecule has 0 aromatic carbocycles. The number of nitrogens with one attached hydrogen (secondary N) is 1. The largest absolute Gasteiger partial charge is 0.317 e. The fraction of sp³-hybridized carbons (Fsp3) is 0.818. The van der Waals surface area contributed by atoms with Crippen LogP contribution in [0.15, 0.2) is 6.33 Å². The van der Waals surface area contributed by atoms with Gasteiger partial charge in [-0.3, -0.25) is 0 Å². The third-order valence-electron chi connectivity index (χ3n) is 3.91. The van der Waals surface area contributed by atoms with Gasteiger partial charge in [0.15, 0.2) is 9.84 Å². The smallest absolute Gasteiger partial charge is 0.152 e. The normalized spacial score (nSPS) is 28.6. The number of rotatable bonds is 2. The summed E-state index contributed by atoms with van der Waals surface area (Å²) < 4.78 is 25.1. The van der Waals surface area contributed by atoms with Crippen LogP contribution in [0.3, 0.4) is 0 Å². The molecular weight excluding hydrogens is 252 g/mol. The fourth-order valence-corrected chi connectivity index (χ4v) is 4.61. The molecule has 0 aliphatic carbocycles. The van der Waals surface area contributed by atoms with E-state index in [9.17, 15) is 8.42 Å². The van der Waals surface area contributed by atoms with Gasteiger partial charge in [-0.15, -0.1) is 10.2 Å². The molecule has 3 rings (SSSR count). The Kier molecular flexibility index (Phi) is 3.11. The highest BCUT2D eigenvalue weighted by Gasteiger charge is 2.32. The molecule has 0 spiro atoms. The van der Waals surface area contributed by atoms with E-state index in [0.717, 1.165) is 31.8 Å². The van der Waals surface area contributed by atoms with Crippen molar-refractivity contribution in [3.05, 3.63) is 12.2 Å². The molecule has 1 unspecified atom stereocenters. The van der Waals surface area contributed by atoms with Crippen LogP contribution in [0.4, 0.5) is 0 Å². The van der Waals surface area contributed by atoms with Crippen molar-refractivity contribution in [3.63, 3.8) is 0 Å². The lowest BCUT2D eigenvalue weighted by Crippen LogP contribution is -2.28. The Labute approximate surface area is 107 Å². The van der Waals surface area contributed by atoms with E-state index in [1.165, 1.54) is 0 Å². The van der Waals surface area contributed by atoms with Crippen molar-refractivity contribution in [2.75, 3.05) is 24.6 Å². The van der Waals surface area contributed by atoms with Crippen LogP contribution in [-0.4, -0.2) is 47.8 Å². The van der Waals surface area contributed by atoms with E-state index in [2.05, 4.69) is 15.5 Å². The fourth-order valence-electron chi connectivity index (χ4n) is 2.90. The predicted octanol–water partition coefficient (Wildman–Crippen LogP) is 0.105. The minimum absolute atomic E-state index is 0.0369. The van der Waals surface area contributed by atoms with Crippen molar-refractivity contribution < 1.29 is 8.42 Å². The highest BCUT2D eigenvalue weighted by Crippen LogP contribution is 2.29. The van der Waals surface area contributed by atoms with Gasteiger partial charge in [0, 0.05) is 5.92 Å². The predicted molar refractivity (Wildman–Crippen MR) is 67.2 cm³/mol. The van der Waals surface area contributed by atoms with Crippen molar-refractivity contribution >= 4 is 9.84 Å². The van der Waals surface area contributed by atoms with Gasteiger partial charge in [-0.25, -0.2) is 8.42 Å². The van der Waals surface area contributed by atoms with Gasteiger partial charge in [-0.2, -0.15) is 0 Å². The molecule has 2 saturated heterocycles. The van der Waals surface area contributed by atoms with Crippen molar-refractivity contribution in [1.29, 1.82) is 0 Å². The Bertz CT molecular complexity index is 519. The summed E-state index contributed by atoms with van der Waals surface area (Å²) in [6.45, 7) is 2.00. The Morgan fingerprint density at radius 3 is 2.72 bits per heavy atom.